The smallest absolute Gasteiger partial charge is 0.161 e. The van der Waals surface area contributed by atoms with Crippen LogP contribution in [0, 0.1) is 25.2 Å². The summed E-state index contributed by atoms with van der Waals surface area (Å²) >= 11 is 7.79. The molecule has 0 amide bonds. The van der Waals surface area contributed by atoms with Gasteiger partial charge in [0.2, 0.25) is 0 Å². The molecule has 5 nitrogen and oxygen atoms in total. The van der Waals surface area contributed by atoms with Gasteiger partial charge in [-0.15, -0.1) is 11.8 Å². The molecular formula is C32H30ClN3O2S. The Labute approximate surface area is 238 Å². The Bertz CT molecular complexity index is 1540. The summed E-state index contributed by atoms with van der Waals surface area (Å²) in [5.74, 6) is 1.45. The topological polar surface area (TPSA) is 79.3 Å². The fourth-order valence-corrected chi connectivity index (χ4v) is 6.61. The second-order valence-electron chi connectivity index (χ2n) is 9.90. The molecule has 1 unspecified atom stereocenters. The van der Waals surface area contributed by atoms with Crippen LogP contribution in [0.3, 0.4) is 0 Å². The summed E-state index contributed by atoms with van der Waals surface area (Å²) < 4.78 is 5.33. The van der Waals surface area contributed by atoms with E-state index in [1.165, 1.54) is 5.56 Å². The number of carbonyl (C=O) groups is 1. The van der Waals surface area contributed by atoms with E-state index in [1.54, 1.807) is 18.9 Å². The van der Waals surface area contributed by atoms with Crippen LogP contribution in [-0.2, 0) is 10.5 Å². The molecule has 1 heterocycles. The van der Waals surface area contributed by atoms with Crippen molar-refractivity contribution in [1.82, 2.24) is 0 Å². The summed E-state index contributed by atoms with van der Waals surface area (Å²) in [7, 11) is 1.62. The molecule has 5 rings (SSSR count). The van der Waals surface area contributed by atoms with Crippen molar-refractivity contribution in [2.45, 2.75) is 49.7 Å². The summed E-state index contributed by atoms with van der Waals surface area (Å²) in [4.78, 5) is 16.6. The number of halogens is 1. The molecule has 2 aliphatic rings. The van der Waals surface area contributed by atoms with Crippen LogP contribution in [0.1, 0.15) is 47.4 Å². The number of benzene rings is 3. The number of thioether (sulfide) groups is 1. The summed E-state index contributed by atoms with van der Waals surface area (Å²) in [5, 5.41) is 11.1. The highest BCUT2D eigenvalue weighted by Crippen LogP contribution is 2.47. The van der Waals surface area contributed by atoms with E-state index in [1.807, 2.05) is 53.4 Å². The molecule has 0 aromatic heterocycles. The molecule has 2 N–H and O–H groups in total. The number of anilines is 1. The first-order valence-corrected chi connectivity index (χ1v) is 14.3. The van der Waals surface area contributed by atoms with Crippen molar-refractivity contribution in [3.05, 3.63) is 111 Å². The van der Waals surface area contributed by atoms with Crippen molar-refractivity contribution in [2.24, 2.45) is 5.73 Å². The number of hydrogen-bond acceptors (Lipinski definition) is 6. The van der Waals surface area contributed by atoms with Gasteiger partial charge in [-0.2, -0.15) is 5.26 Å². The Kier molecular flexibility index (Phi) is 7.74. The zero-order valence-electron chi connectivity index (χ0n) is 22.3. The van der Waals surface area contributed by atoms with Crippen LogP contribution in [0.5, 0.6) is 5.75 Å². The maximum absolute atomic E-state index is 13.6. The fraction of sp³-hybridized carbons (Fsp3) is 0.250. The monoisotopic (exact) mass is 555 g/mol. The number of aryl methyl sites for hydroxylation is 1. The largest absolute Gasteiger partial charge is 0.497 e. The third-order valence-corrected chi connectivity index (χ3v) is 8.78. The molecule has 0 bridgehead atoms. The number of allylic oxidation sites excluding steroid dienone is 3. The van der Waals surface area contributed by atoms with E-state index in [-0.39, 0.29) is 5.78 Å². The minimum absolute atomic E-state index is 0.0815. The maximum Gasteiger partial charge on any atom is 0.161 e. The first-order valence-electron chi connectivity index (χ1n) is 12.9. The highest BCUT2D eigenvalue weighted by atomic mass is 35.5. The minimum Gasteiger partial charge on any atom is -0.497 e. The maximum atomic E-state index is 13.6. The Morgan fingerprint density at radius 2 is 1.82 bits per heavy atom. The normalized spacial score (nSPS) is 17.3. The highest BCUT2D eigenvalue weighted by molar-refractivity contribution is 7.98. The first kappa shape index (κ1) is 26.9. The molecule has 7 heteroatoms. The Balaban J connectivity index is 1.61. The van der Waals surface area contributed by atoms with Gasteiger partial charge in [-0.3, -0.25) is 9.69 Å². The van der Waals surface area contributed by atoms with Crippen molar-refractivity contribution < 1.29 is 9.53 Å². The lowest BCUT2D eigenvalue weighted by Crippen LogP contribution is -2.39. The Hall–Kier alpha value is -3.66. The molecule has 39 heavy (non-hydrogen) atoms. The van der Waals surface area contributed by atoms with Gasteiger partial charge in [0.25, 0.3) is 0 Å². The number of nitrogens with zero attached hydrogens (tertiary/aromatic N) is 2. The zero-order valence-corrected chi connectivity index (χ0v) is 23.8. The van der Waals surface area contributed by atoms with Crippen LogP contribution >= 0.6 is 23.4 Å². The van der Waals surface area contributed by atoms with Crippen LogP contribution in [-0.4, -0.2) is 12.9 Å². The molecule has 0 saturated heterocycles. The number of hydrogen-bond donors (Lipinski definition) is 1. The summed E-state index contributed by atoms with van der Waals surface area (Å²) in [6.45, 7) is 4.14. The van der Waals surface area contributed by atoms with Gasteiger partial charge in [0.05, 0.1) is 24.7 Å². The lowest BCUT2D eigenvalue weighted by molar-refractivity contribution is -0.116. The van der Waals surface area contributed by atoms with Gasteiger partial charge in [-0.25, -0.2) is 0 Å². The quantitative estimate of drug-likeness (QED) is 0.316. The highest BCUT2D eigenvalue weighted by Gasteiger charge is 2.41. The van der Waals surface area contributed by atoms with Gasteiger partial charge in [-0.05, 0) is 91.9 Å². The molecule has 1 atom stereocenters. The number of ether oxygens (including phenoxy) is 1. The van der Waals surface area contributed by atoms with Crippen LogP contribution in [0.25, 0.3) is 0 Å². The lowest BCUT2D eigenvalue weighted by atomic mass is 9.73. The second kappa shape index (κ2) is 11.2. The summed E-state index contributed by atoms with van der Waals surface area (Å²) in [6, 6.07) is 22.1. The number of methoxy groups -OCH3 is 1. The van der Waals surface area contributed by atoms with Gasteiger partial charge < -0.3 is 10.5 Å². The number of Topliss-reactive ketones (excluding diaryl/α,β-unsaturated/α-hetero) is 1. The molecule has 1 aliphatic carbocycles. The van der Waals surface area contributed by atoms with E-state index in [2.05, 4.69) is 32.0 Å². The predicted molar refractivity (Wildman–Crippen MR) is 158 cm³/mol. The van der Waals surface area contributed by atoms with Crippen molar-refractivity contribution in [3.8, 4) is 11.8 Å². The van der Waals surface area contributed by atoms with E-state index in [4.69, 9.17) is 22.1 Å². The van der Waals surface area contributed by atoms with E-state index in [9.17, 15) is 10.1 Å². The van der Waals surface area contributed by atoms with Crippen molar-refractivity contribution in [3.63, 3.8) is 0 Å². The SMILES string of the molecule is COc1ccc(N2C(N)=C(C#N)C(c3cc(C)cc(CSc4ccc(Cl)cc4)c3C)C3=C2CCCC3=O)cc1. The summed E-state index contributed by atoms with van der Waals surface area (Å²) in [6.07, 6.45) is 1.93. The van der Waals surface area contributed by atoms with Crippen LogP contribution in [0.4, 0.5) is 5.69 Å². The molecule has 3 aromatic rings. The number of carbonyl (C=O) groups excluding carboxylic acids is 1. The predicted octanol–water partition coefficient (Wildman–Crippen LogP) is 7.56. The van der Waals surface area contributed by atoms with E-state index >= 15 is 0 Å². The molecule has 198 valence electrons. The molecule has 0 radical (unpaired) electrons. The molecule has 0 spiro atoms. The standard InChI is InChI=1S/C32H30ClN3O2S/c1-19-15-21(18-39-25-13-7-22(33)8-14-25)20(2)26(16-19)30-27(17-34)32(35)36(23-9-11-24(38-3)12-10-23)28-5-4-6-29(37)31(28)30/h7-16,30H,4-6,18,35H2,1-3H3. The Morgan fingerprint density at radius 3 is 2.49 bits per heavy atom. The summed E-state index contributed by atoms with van der Waals surface area (Å²) in [5.41, 5.74) is 13.9. The third kappa shape index (κ3) is 5.17. The van der Waals surface area contributed by atoms with Gasteiger partial charge in [0, 0.05) is 39.0 Å². The van der Waals surface area contributed by atoms with Crippen molar-refractivity contribution in [1.29, 1.82) is 5.26 Å². The van der Waals surface area contributed by atoms with Gasteiger partial charge in [0.1, 0.15) is 11.6 Å². The number of nitrogens with two attached hydrogens (primary N) is 1. The van der Waals surface area contributed by atoms with Gasteiger partial charge >= 0.3 is 0 Å². The van der Waals surface area contributed by atoms with Gasteiger partial charge in [0.15, 0.2) is 5.78 Å². The molecule has 0 saturated carbocycles. The van der Waals surface area contributed by atoms with Crippen molar-refractivity contribution >= 4 is 34.8 Å². The molecule has 1 aliphatic heterocycles. The number of rotatable bonds is 6. The molecule has 0 fully saturated rings. The first-order chi connectivity index (χ1) is 18.8. The molecular weight excluding hydrogens is 526 g/mol. The third-order valence-electron chi connectivity index (χ3n) is 7.46. The van der Waals surface area contributed by atoms with E-state index in [0.717, 1.165) is 50.9 Å². The fourth-order valence-electron chi connectivity index (χ4n) is 5.53. The van der Waals surface area contributed by atoms with Gasteiger partial charge in [-0.1, -0.05) is 29.3 Å². The second-order valence-corrected chi connectivity index (χ2v) is 11.4. The lowest BCUT2D eigenvalue weighted by Gasteiger charge is -2.40. The minimum atomic E-state index is -0.494. The average molecular weight is 556 g/mol. The Morgan fingerprint density at radius 1 is 1.10 bits per heavy atom. The van der Waals surface area contributed by atoms with Crippen LogP contribution in [0.2, 0.25) is 5.02 Å². The average Bonchev–Trinajstić information content (AvgIpc) is 2.94. The van der Waals surface area contributed by atoms with E-state index in [0.29, 0.717) is 34.8 Å². The molecule has 3 aromatic carbocycles. The van der Waals surface area contributed by atoms with Crippen LogP contribution < -0.4 is 15.4 Å². The van der Waals surface area contributed by atoms with E-state index < -0.39 is 5.92 Å². The zero-order chi connectivity index (χ0) is 27.7. The number of ketones is 1. The van der Waals surface area contributed by atoms with Crippen LogP contribution in [0.15, 0.2) is 88.2 Å². The number of nitriles is 1. The van der Waals surface area contributed by atoms with Crippen molar-refractivity contribution in [2.75, 3.05) is 12.0 Å².